The van der Waals surface area contributed by atoms with Gasteiger partial charge in [-0.25, -0.2) is 0 Å². The molecule has 1 fully saturated rings. The molecule has 2 unspecified atom stereocenters. The summed E-state index contributed by atoms with van der Waals surface area (Å²) in [5, 5.41) is 0. The molecule has 0 heterocycles. The smallest absolute Gasteiger partial charge is 0.0264 e. The largest absolute Gasteiger partial charge is 0.0617 e. The molecule has 0 aromatic rings. The zero-order chi connectivity index (χ0) is 8.86. The average molecular weight is 154 g/mol. The van der Waals surface area contributed by atoms with Gasteiger partial charge in [-0.3, -0.25) is 0 Å². The zero-order valence-corrected chi connectivity index (χ0v) is 8.86. The van der Waals surface area contributed by atoms with Crippen LogP contribution < -0.4 is 0 Å². The highest BCUT2D eigenvalue weighted by atomic mass is 14.6. The monoisotopic (exact) mass is 154 g/mol. The molecule has 0 saturated heterocycles. The number of rotatable bonds is 1. The Morgan fingerprint density at radius 1 is 1.09 bits per heavy atom. The third-order valence-electron chi connectivity index (χ3n) is 3.63. The van der Waals surface area contributed by atoms with Crippen molar-refractivity contribution in [3.8, 4) is 0 Å². The molecule has 1 rings (SSSR count). The van der Waals surface area contributed by atoms with E-state index in [1.165, 1.54) is 6.42 Å². The summed E-state index contributed by atoms with van der Waals surface area (Å²) in [5.41, 5.74) is 1.16. The van der Waals surface area contributed by atoms with Crippen molar-refractivity contribution in [1.29, 1.82) is 0 Å². The maximum Gasteiger partial charge on any atom is -0.0264 e. The lowest BCUT2D eigenvalue weighted by atomic mass is 9.82. The Balaban J connectivity index is 2.52. The van der Waals surface area contributed by atoms with Crippen LogP contribution in [-0.2, 0) is 0 Å². The normalized spacial score (nSPS) is 44.2. The van der Waals surface area contributed by atoms with Crippen molar-refractivity contribution in [1.82, 2.24) is 0 Å². The summed E-state index contributed by atoms with van der Waals surface area (Å²) in [6.45, 7) is 14.2. The van der Waals surface area contributed by atoms with Gasteiger partial charge in [0.2, 0.25) is 0 Å². The SMILES string of the molecule is CC1C(C)C1(C)CC(C)(C)C. The van der Waals surface area contributed by atoms with E-state index in [9.17, 15) is 0 Å². The molecule has 1 saturated carbocycles. The number of hydrogen-bond acceptors (Lipinski definition) is 0. The van der Waals surface area contributed by atoms with E-state index in [1.54, 1.807) is 0 Å². The summed E-state index contributed by atoms with van der Waals surface area (Å²) in [4.78, 5) is 0. The molecule has 0 nitrogen and oxygen atoms in total. The molecule has 0 heteroatoms. The summed E-state index contributed by atoms with van der Waals surface area (Å²) < 4.78 is 0. The fraction of sp³-hybridized carbons (Fsp3) is 1.00. The maximum absolute atomic E-state index is 2.44. The lowest BCUT2D eigenvalue weighted by Gasteiger charge is -2.24. The van der Waals surface area contributed by atoms with Gasteiger partial charge < -0.3 is 0 Å². The summed E-state index contributed by atoms with van der Waals surface area (Å²) in [6.07, 6.45) is 1.38. The Morgan fingerprint density at radius 3 is 1.55 bits per heavy atom. The van der Waals surface area contributed by atoms with Gasteiger partial charge in [0.1, 0.15) is 0 Å². The Hall–Kier alpha value is 0. The highest BCUT2D eigenvalue weighted by Crippen LogP contribution is 2.62. The fourth-order valence-corrected chi connectivity index (χ4v) is 2.54. The summed E-state index contributed by atoms with van der Waals surface area (Å²) >= 11 is 0. The molecule has 1 aliphatic carbocycles. The molecule has 0 aliphatic heterocycles. The van der Waals surface area contributed by atoms with Crippen LogP contribution in [0.4, 0.5) is 0 Å². The molecular weight excluding hydrogens is 132 g/mol. The minimum absolute atomic E-state index is 0.508. The highest BCUT2D eigenvalue weighted by Gasteiger charge is 2.55. The summed E-state index contributed by atoms with van der Waals surface area (Å²) in [5.74, 6) is 1.89. The van der Waals surface area contributed by atoms with Crippen molar-refractivity contribution < 1.29 is 0 Å². The second kappa shape index (κ2) is 2.24. The van der Waals surface area contributed by atoms with Gasteiger partial charge in [-0.15, -0.1) is 0 Å². The van der Waals surface area contributed by atoms with E-state index in [0.29, 0.717) is 10.8 Å². The van der Waals surface area contributed by atoms with E-state index in [0.717, 1.165) is 11.8 Å². The van der Waals surface area contributed by atoms with Gasteiger partial charge in [0, 0.05) is 0 Å². The molecule has 0 spiro atoms. The van der Waals surface area contributed by atoms with Gasteiger partial charge in [0.25, 0.3) is 0 Å². The summed E-state index contributed by atoms with van der Waals surface area (Å²) in [6, 6.07) is 0. The lowest BCUT2D eigenvalue weighted by molar-refractivity contribution is 0.270. The van der Waals surface area contributed by atoms with Crippen LogP contribution in [0, 0.1) is 22.7 Å². The van der Waals surface area contributed by atoms with Crippen molar-refractivity contribution in [3.05, 3.63) is 0 Å². The van der Waals surface area contributed by atoms with Gasteiger partial charge in [-0.1, -0.05) is 41.5 Å². The molecule has 0 N–H and O–H groups in total. The van der Waals surface area contributed by atoms with Crippen LogP contribution in [-0.4, -0.2) is 0 Å². The maximum atomic E-state index is 2.44. The first-order valence-corrected chi connectivity index (χ1v) is 4.77. The van der Waals surface area contributed by atoms with Gasteiger partial charge in [0.15, 0.2) is 0 Å². The molecule has 0 radical (unpaired) electrons. The van der Waals surface area contributed by atoms with Crippen LogP contribution in [0.2, 0.25) is 0 Å². The minimum Gasteiger partial charge on any atom is -0.0617 e. The van der Waals surface area contributed by atoms with Crippen LogP contribution in [0.25, 0.3) is 0 Å². The van der Waals surface area contributed by atoms with E-state index in [1.807, 2.05) is 0 Å². The van der Waals surface area contributed by atoms with Gasteiger partial charge in [-0.05, 0) is 29.1 Å². The van der Waals surface area contributed by atoms with Crippen LogP contribution in [0.15, 0.2) is 0 Å². The Kier molecular flexibility index (Phi) is 1.85. The first kappa shape index (κ1) is 9.09. The third kappa shape index (κ3) is 1.60. The quantitative estimate of drug-likeness (QED) is 0.540. The number of hydrogen-bond donors (Lipinski definition) is 0. The molecule has 11 heavy (non-hydrogen) atoms. The van der Waals surface area contributed by atoms with Crippen LogP contribution >= 0.6 is 0 Å². The average Bonchev–Trinajstić information content (AvgIpc) is 2.15. The van der Waals surface area contributed by atoms with Crippen LogP contribution in [0.3, 0.4) is 0 Å². The van der Waals surface area contributed by atoms with E-state index in [-0.39, 0.29) is 0 Å². The molecular formula is C11H22. The molecule has 0 amide bonds. The molecule has 2 atom stereocenters. The molecule has 0 bridgehead atoms. The van der Waals surface area contributed by atoms with E-state index >= 15 is 0 Å². The molecule has 0 aromatic heterocycles. The van der Waals surface area contributed by atoms with Gasteiger partial charge in [0.05, 0.1) is 0 Å². The Bertz CT molecular complexity index is 142. The van der Waals surface area contributed by atoms with Crippen molar-refractivity contribution in [2.45, 2.75) is 48.0 Å². The van der Waals surface area contributed by atoms with Crippen molar-refractivity contribution in [3.63, 3.8) is 0 Å². The molecule has 66 valence electrons. The van der Waals surface area contributed by atoms with E-state index in [4.69, 9.17) is 0 Å². The first-order chi connectivity index (χ1) is 4.77. The third-order valence-corrected chi connectivity index (χ3v) is 3.63. The predicted molar refractivity (Wildman–Crippen MR) is 50.5 cm³/mol. The molecule has 1 aliphatic rings. The second-order valence-electron chi connectivity index (χ2n) is 5.82. The zero-order valence-electron chi connectivity index (χ0n) is 8.86. The standard InChI is InChI=1S/C11H22/c1-8-9(2)11(8,6)7-10(3,4)5/h8-9H,7H2,1-6H3. The van der Waals surface area contributed by atoms with E-state index < -0.39 is 0 Å². The van der Waals surface area contributed by atoms with Gasteiger partial charge >= 0.3 is 0 Å². The van der Waals surface area contributed by atoms with Gasteiger partial charge in [-0.2, -0.15) is 0 Å². The predicted octanol–water partition coefficient (Wildman–Crippen LogP) is 3.71. The van der Waals surface area contributed by atoms with Crippen molar-refractivity contribution in [2.24, 2.45) is 22.7 Å². The van der Waals surface area contributed by atoms with Crippen molar-refractivity contribution >= 4 is 0 Å². The van der Waals surface area contributed by atoms with Crippen LogP contribution in [0.1, 0.15) is 48.0 Å². The highest BCUT2D eigenvalue weighted by molar-refractivity contribution is 5.04. The first-order valence-electron chi connectivity index (χ1n) is 4.77. The lowest BCUT2D eigenvalue weighted by Crippen LogP contribution is -2.13. The Labute approximate surface area is 71.4 Å². The van der Waals surface area contributed by atoms with E-state index in [2.05, 4.69) is 41.5 Å². The second-order valence-corrected chi connectivity index (χ2v) is 5.82. The topological polar surface area (TPSA) is 0 Å². The van der Waals surface area contributed by atoms with Crippen LogP contribution in [0.5, 0.6) is 0 Å². The minimum atomic E-state index is 0.508. The molecule has 0 aromatic carbocycles. The fourth-order valence-electron chi connectivity index (χ4n) is 2.54. The Morgan fingerprint density at radius 2 is 1.45 bits per heavy atom. The van der Waals surface area contributed by atoms with Crippen molar-refractivity contribution in [2.75, 3.05) is 0 Å². The summed E-state index contributed by atoms with van der Waals surface area (Å²) in [7, 11) is 0.